The van der Waals surface area contributed by atoms with Crippen molar-refractivity contribution >= 4 is 17.6 Å². The van der Waals surface area contributed by atoms with Crippen LogP contribution in [0.25, 0.3) is 0 Å². The Hall–Kier alpha value is -1.56. The summed E-state index contributed by atoms with van der Waals surface area (Å²) in [7, 11) is 1.81. The molecule has 0 aliphatic carbocycles. The fourth-order valence-electron chi connectivity index (χ4n) is 2.23. The van der Waals surface area contributed by atoms with Gasteiger partial charge in [-0.2, -0.15) is 9.97 Å². The van der Waals surface area contributed by atoms with Crippen LogP contribution in [0.15, 0.2) is 6.07 Å². The Labute approximate surface area is 107 Å². The molecule has 1 saturated heterocycles. The lowest BCUT2D eigenvalue weighted by Gasteiger charge is -2.36. The second-order valence-corrected chi connectivity index (χ2v) is 5.19. The van der Waals surface area contributed by atoms with Gasteiger partial charge in [0.2, 0.25) is 5.95 Å². The van der Waals surface area contributed by atoms with E-state index in [1.54, 1.807) is 0 Å². The van der Waals surface area contributed by atoms with Gasteiger partial charge in [0.1, 0.15) is 11.6 Å². The number of hydrogen-bond donors (Lipinski definition) is 3. The molecular weight excluding hydrogens is 230 g/mol. The Morgan fingerprint density at radius 2 is 2.11 bits per heavy atom. The highest BCUT2D eigenvalue weighted by Crippen LogP contribution is 2.26. The van der Waals surface area contributed by atoms with Crippen molar-refractivity contribution in [3.63, 3.8) is 0 Å². The van der Waals surface area contributed by atoms with E-state index in [0.717, 1.165) is 31.1 Å². The van der Waals surface area contributed by atoms with Crippen LogP contribution in [-0.2, 0) is 4.74 Å². The quantitative estimate of drug-likeness (QED) is 0.754. The lowest BCUT2D eigenvalue weighted by molar-refractivity contribution is -0.0553. The van der Waals surface area contributed by atoms with Crippen molar-refractivity contribution in [3.05, 3.63) is 6.07 Å². The van der Waals surface area contributed by atoms with Gasteiger partial charge in [-0.1, -0.05) is 0 Å². The van der Waals surface area contributed by atoms with Gasteiger partial charge < -0.3 is 21.1 Å². The standard InChI is InChI=1S/C12H21N5O/c1-12(2)7-8(4-5-18-12)15-10-6-9(14-3)16-11(13)17-10/h6,8H,4-5,7H2,1-3H3,(H4,13,14,15,16,17). The first-order valence-corrected chi connectivity index (χ1v) is 6.21. The van der Waals surface area contributed by atoms with E-state index in [-0.39, 0.29) is 11.5 Å². The van der Waals surface area contributed by atoms with Gasteiger partial charge >= 0.3 is 0 Å². The van der Waals surface area contributed by atoms with E-state index < -0.39 is 0 Å². The predicted octanol–water partition coefficient (Wildman–Crippen LogP) is 1.47. The van der Waals surface area contributed by atoms with Crippen LogP contribution in [0.4, 0.5) is 17.6 Å². The molecule has 2 rings (SSSR count). The molecule has 100 valence electrons. The summed E-state index contributed by atoms with van der Waals surface area (Å²) in [6.45, 7) is 4.98. The van der Waals surface area contributed by atoms with Crippen molar-refractivity contribution in [1.82, 2.24) is 9.97 Å². The summed E-state index contributed by atoms with van der Waals surface area (Å²) >= 11 is 0. The molecular formula is C12H21N5O. The summed E-state index contributed by atoms with van der Waals surface area (Å²) in [5.74, 6) is 1.75. The first-order valence-electron chi connectivity index (χ1n) is 6.21. The molecule has 0 amide bonds. The average molecular weight is 251 g/mol. The van der Waals surface area contributed by atoms with Crippen molar-refractivity contribution in [3.8, 4) is 0 Å². The third kappa shape index (κ3) is 3.22. The number of rotatable bonds is 3. The molecule has 1 aromatic rings. The molecule has 6 heteroatoms. The van der Waals surface area contributed by atoms with Gasteiger partial charge in [-0.15, -0.1) is 0 Å². The van der Waals surface area contributed by atoms with Crippen molar-refractivity contribution in [2.24, 2.45) is 0 Å². The van der Waals surface area contributed by atoms with Crippen molar-refractivity contribution < 1.29 is 4.74 Å². The van der Waals surface area contributed by atoms with Gasteiger partial charge in [0.15, 0.2) is 0 Å². The topological polar surface area (TPSA) is 85.1 Å². The predicted molar refractivity (Wildman–Crippen MR) is 72.7 cm³/mol. The molecule has 0 aromatic carbocycles. The van der Waals surface area contributed by atoms with Crippen LogP contribution >= 0.6 is 0 Å². The van der Waals surface area contributed by atoms with Gasteiger partial charge in [-0.25, -0.2) is 0 Å². The Bertz CT molecular complexity index is 421. The van der Waals surface area contributed by atoms with E-state index in [0.29, 0.717) is 6.04 Å². The van der Waals surface area contributed by atoms with Crippen molar-refractivity contribution in [2.75, 3.05) is 30.0 Å². The zero-order valence-electron chi connectivity index (χ0n) is 11.2. The average Bonchev–Trinajstić information content (AvgIpc) is 2.26. The maximum absolute atomic E-state index is 5.69. The summed E-state index contributed by atoms with van der Waals surface area (Å²) in [4.78, 5) is 8.26. The van der Waals surface area contributed by atoms with Crippen LogP contribution in [0.1, 0.15) is 26.7 Å². The van der Waals surface area contributed by atoms with Crippen LogP contribution < -0.4 is 16.4 Å². The zero-order valence-corrected chi connectivity index (χ0v) is 11.2. The highest BCUT2D eigenvalue weighted by Gasteiger charge is 2.28. The largest absolute Gasteiger partial charge is 0.375 e. The molecule has 0 saturated carbocycles. The summed E-state index contributed by atoms with van der Waals surface area (Å²) in [6.07, 6.45) is 1.92. The van der Waals surface area contributed by atoms with E-state index in [1.807, 2.05) is 13.1 Å². The molecule has 1 aromatic heterocycles. The second-order valence-electron chi connectivity index (χ2n) is 5.19. The molecule has 0 bridgehead atoms. The minimum Gasteiger partial charge on any atom is -0.375 e. The van der Waals surface area contributed by atoms with Gasteiger partial charge in [-0.3, -0.25) is 0 Å². The number of aromatic nitrogens is 2. The van der Waals surface area contributed by atoms with Crippen LogP contribution in [0.5, 0.6) is 0 Å². The zero-order chi connectivity index (χ0) is 13.2. The normalized spacial score (nSPS) is 22.5. The molecule has 18 heavy (non-hydrogen) atoms. The maximum Gasteiger partial charge on any atom is 0.223 e. The third-order valence-corrected chi connectivity index (χ3v) is 3.05. The smallest absolute Gasteiger partial charge is 0.223 e. The Morgan fingerprint density at radius 1 is 1.39 bits per heavy atom. The number of nitrogens with two attached hydrogens (primary N) is 1. The van der Waals surface area contributed by atoms with Crippen LogP contribution in [-0.4, -0.2) is 35.3 Å². The molecule has 1 fully saturated rings. The first kappa shape index (κ1) is 12.9. The lowest BCUT2D eigenvalue weighted by Crippen LogP contribution is -2.40. The van der Waals surface area contributed by atoms with E-state index in [4.69, 9.17) is 10.5 Å². The second kappa shape index (κ2) is 4.97. The van der Waals surface area contributed by atoms with E-state index in [9.17, 15) is 0 Å². The number of hydrogen-bond acceptors (Lipinski definition) is 6. The number of nitrogens with zero attached hydrogens (tertiary/aromatic N) is 2. The van der Waals surface area contributed by atoms with Gasteiger partial charge in [0, 0.05) is 25.8 Å². The van der Waals surface area contributed by atoms with Crippen molar-refractivity contribution in [2.45, 2.75) is 38.3 Å². The summed E-state index contributed by atoms with van der Waals surface area (Å²) in [6, 6.07) is 2.21. The number of ether oxygens (including phenoxy) is 1. The summed E-state index contributed by atoms with van der Waals surface area (Å²) in [5, 5.41) is 6.37. The minimum atomic E-state index is -0.0830. The first-order chi connectivity index (χ1) is 8.48. The number of nitrogen functional groups attached to an aromatic ring is 1. The Kier molecular flexibility index (Phi) is 3.56. The van der Waals surface area contributed by atoms with Gasteiger partial charge in [-0.05, 0) is 26.7 Å². The molecule has 6 nitrogen and oxygen atoms in total. The van der Waals surface area contributed by atoms with E-state index >= 15 is 0 Å². The molecule has 4 N–H and O–H groups in total. The highest BCUT2D eigenvalue weighted by molar-refractivity contribution is 5.51. The monoisotopic (exact) mass is 251 g/mol. The highest BCUT2D eigenvalue weighted by atomic mass is 16.5. The minimum absolute atomic E-state index is 0.0830. The molecule has 0 radical (unpaired) electrons. The molecule has 1 atom stereocenters. The fourth-order valence-corrected chi connectivity index (χ4v) is 2.23. The fraction of sp³-hybridized carbons (Fsp3) is 0.667. The molecule has 1 unspecified atom stereocenters. The third-order valence-electron chi connectivity index (χ3n) is 3.05. The van der Waals surface area contributed by atoms with Crippen LogP contribution in [0, 0.1) is 0 Å². The molecule has 1 aliphatic heterocycles. The Balaban J connectivity index is 2.07. The Morgan fingerprint density at radius 3 is 2.78 bits per heavy atom. The molecule has 0 spiro atoms. The lowest BCUT2D eigenvalue weighted by atomic mass is 9.94. The van der Waals surface area contributed by atoms with Gasteiger partial charge in [0.05, 0.1) is 5.60 Å². The molecule has 1 aliphatic rings. The van der Waals surface area contributed by atoms with Gasteiger partial charge in [0.25, 0.3) is 0 Å². The molecule has 2 heterocycles. The maximum atomic E-state index is 5.69. The van der Waals surface area contributed by atoms with Crippen LogP contribution in [0.3, 0.4) is 0 Å². The van der Waals surface area contributed by atoms with Crippen molar-refractivity contribution in [1.29, 1.82) is 0 Å². The number of anilines is 3. The van der Waals surface area contributed by atoms with Crippen LogP contribution in [0.2, 0.25) is 0 Å². The summed E-state index contributed by atoms with van der Waals surface area (Å²) < 4.78 is 5.69. The van der Waals surface area contributed by atoms with E-state index in [1.165, 1.54) is 0 Å². The number of nitrogens with one attached hydrogen (secondary N) is 2. The van der Waals surface area contributed by atoms with E-state index in [2.05, 4.69) is 34.4 Å². The SMILES string of the molecule is CNc1cc(NC2CCOC(C)(C)C2)nc(N)n1. The summed E-state index contributed by atoms with van der Waals surface area (Å²) in [5.41, 5.74) is 5.58.